The molecule has 4 aromatic rings. The number of hydrogen-bond donors (Lipinski definition) is 3. The minimum Gasteiger partial charge on any atom is -0.379 e. The van der Waals surface area contributed by atoms with E-state index in [0.717, 1.165) is 50.7 Å². The quantitative estimate of drug-likeness (QED) is 0.115. The van der Waals surface area contributed by atoms with Gasteiger partial charge in [0.05, 0.1) is 36.2 Å². The molecule has 0 radical (unpaired) electrons. The van der Waals surface area contributed by atoms with Crippen molar-refractivity contribution in [3.63, 3.8) is 0 Å². The van der Waals surface area contributed by atoms with Gasteiger partial charge in [0.15, 0.2) is 0 Å². The van der Waals surface area contributed by atoms with Crippen LogP contribution in [0.4, 0.5) is 18.9 Å². The van der Waals surface area contributed by atoms with Crippen LogP contribution in [0.3, 0.4) is 0 Å². The highest BCUT2D eigenvalue weighted by atomic mass is 79.9. The zero-order valence-electron chi connectivity index (χ0n) is 26.2. The molecule has 1 heterocycles. The molecule has 0 aromatic heterocycles. The normalized spacial score (nSPS) is 14.5. The lowest BCUT2D eigenvalue weighted by molar-refractivity contribution is -0.138. The number of anilines is 1. The van der Waals surface area contributed by atoms with Crippen LogP contribution in [0, 0.1) is 6.92 Å². The monoisotopic (exact) mass is 721 g/mol. The molecule has 1 aliphatic heterocycles. The van der Waals surface area contributed by atoms with E-state index < -0.39 is 23.6 Å². The highest BCUT2D eigenvalue weighted by Gasteiger charge is 2.32. The topological polar surface area (TPSA) is 95.1 Å². The minimum atomic E-state index is -4.51. The smallest absolute Gasteiger partial charge is 0.379 e. The van der Waals surface area contributed by atoms with Gasteiger partial charge in [-0.1, -0.05) is 70.5 Å². The molecule has 0 bridgehead atoms. The number of nitrogens with zero attached hydrogens (tertiary/aromatic N) is 2. The van der Waals surface area contributed by atoms with Gasteiger partial charge in [0, 0.05) is 42.3 Å². The number of aryl methyl sites for hydroxylation is 1. The Morgan fingerprint density at radius 1 is 0.958 bits per heavy atom. The van der Waals surface area contributed by atoms with Gasteiger partial charge >= 0.3 is 6.18 Å². The molecule has 0 saturated carbocycles. The molecule has 48 heavy (non-hydrogen) atoms. The van der Waals surface area contributed by atoms with Crippen molar-refractivity contribution in [3.05, 3.63) is 134 Å². The van der Waals surface area contributed by atoms with Crippen molar-refractivity contribution in [1.29, 1.82) is 0 Å². The van der Waals surface area contributed by atoms with Gasteiger partial charge in [-0.15, -0.1) is 0 Å². The van der Waals surface area contributed by atoms with Crippen molar-refractivity contribution in [2.75, 3.05) is 38.2 Å². The largest absolute Gasteiger partial charge is 0.416 e. The molecule has 1 unspecified atom stereocenters. The number of ether oxygens (including phenoxy) is 1. The summed E-state index contributed by atoms with van der Waals surface area (Å²) >= 11 is 3.34. The van der Waals surface area contributed by atoms with Crippen LogP contribution >= 0.6 is 15.9 Å². The first-order valence-electron chi connectivity index (χ1n) is 15.4. The van der Waals surface area contributed by atoms with Crippen molar-refractivity contribution >= 4 is 39.6 Å². The lowest BCUT2D eigenvalue weighted by Crippen LogP contribution is -2.41. The summed E-state index contributed by atoms with van der Waals surface area (Å²) in [6.07, 6.45) is -3.38. The second-order valence-electron chi connectivity index (χ2n) is 11.4. The molecule has 2 amide bonds. The fourth-order valence-electron chi connectivity index (χ4n) is 5.29. The number of carbonyl (C=O) groups is 2. The lowest BCUT2D eigenvalue weighted by atomic mass is 10.0. The van der Waals surface area contributed by atoms with Crippen LogP contribution < -0.4 is 16.1 Å². The highest BCUT2D eigenvalue weighted by Crippen LogP contribution is 2.32. The number of alkyl halides is 3. The first-order chi connectivity index (χ1) is 23.1. The van der Waals surface area contributed by atoms with E-state index in [1.165, 1.54) is 30.7 Å². The molecule has 12 heteroatoms. The van der Waals surface area contributed by atoms with E-state index in [1.54, 1.807) is 24.3 Å². The Morgan fingerprint density at radius 3 is 2.40 bits per heavy atom. The summed E-state index contributed by atoms with van der Waals surface area (Å²) in [5, 5.41) is 10.3. The predicted molar refractivity (Wildman–Crippen MR) is 183 cm³/mol. The highest BCUT2D eigenvalue weighted by molar-refractivity contribution is 9.10. The number of morpholine rings is 1. The van der Waals surface area contributed by atoms with E-state index in [2.05, 4.69) is 54.1 Å². The van der Waals surface area contributed by atoms with E-state index in [9.17, 15) is 22.8 Å². The summed E-state index contributed by atoms with van der Waals surface area (Å²) in [5.74, 6) is -1.07. The maximum atomic E-state index is 13.3. The van der Waals surface area contributed by atoms with Crippen molar-refractivity contribution in [2.45, 2.75) is 25.7 Å². The van der Waals surface area contributed by atoms with Gasteiger partial charge in [-0.2, -0.15) is 18.3 Å². The number of carbonyl (C=O) groups excluding carboxylic acids is 2. The number of nitrogens with one attached hydrogen (secondary N) is 3. The minimum absolute atomic E-state index is 0.0840. The van der Waals surface area contributed by atoms with Gasteiger partial charge in [-0.05, 0) is 65.6 Å². The molecular formula is C36H35BrF3N5O3. The van der Waals surface area contributed by atoms with Crippen LogP contribution in [-0.4, -0.2) is 55.8 Å². The van der Waals surface area contributed by atoms with Crippen LogP contribution in [0.5, 0.6) is 0 Å². The Morgan fingerprint density at radius 2 is 1.69 bits per heavy atom. The molecular weight excluding hydrogens is 687 g/mol. The molecule has 250 valence electrons. The van der Waals surface area contributed by atoms with Gasteiger partial charge in [0.25, 0.3) is 11.8 Å². The van der Waals surface area contributed by atoms with E-state index in [1.807, 2.05) is 30.3 Å². The number of hydrogen-bond acceptors (Lipinski definition) is 6. The molecule has 1 saturated heterocycles. The van der Waals surface area contributed by atoms with E-state index in [4.69, 9.17) is 4.74 Å². The standard InChI is InChI=1S/C36H35BrF3N5O3/c1-24-7-8-26(19-31(24)36(38,39)40)22-42-44-35(47)30-20-29(37)13-14-32(30)43-34(46)28-11-9-25(10-12-28)21-41-33(27-5-3-2-4-6-27)23-45-15-17-48-18-16-45/h2-14,19-20,22,33,41H,15-18,21,23H2,1H3,(H,43,46)(H,44,47)/b42-22+. The molecule has 5 rings (SSSR count). The molecule has 0 aliphatic carbocycles. The summed E-state index contributed by atoms with van der Waals surface area (Å²) in [6, 6.07) is 26.2. The van der Waals surface area contributed by atoms with E-state index in [0.29, 0.717) is 16.6 Å². The van der Waals surface area contributed by atoms with Gasteiger partial charge in [-0.3, -0.25) is 14.5 Å². The fraction of sp³-hybridized carbons (Fsp3) is 0.250. The number of rotatable bonds is 11. The maximum absolute atomic E-state index is 13.3. The molecule has 1 fully saturated rings. The third-order valence-electron chi connectivity index (χ3n) is 7.94. The zero-order chi connectivity index (χ0) is 34.1. The van der Waals surface area contributed by atoms with E-state index in [-0.39, 0.29) is 28.4 Å². The lowest BCUT2D eigenvalue weighted by Gasteiger charge is -2.31. The number of benzene rings is 4. The third-order valence-corrected chi connectivity index (χ3v) is 8.43. The Balaban J connectivity index is 1.21. The van der Waals surface area contributed by atoms with E-state index >= 15 is 0 Å². The van der Waals surface area contributed by atoms with Crippen LogP contribution in [0.15, 0.2) is 101 Å². The van der Waals surface area contributed by atoms with Crippen LogP contribution in [0.1, 0.15) is 54.6 Å². The summed E-state index contributed by atoms with van der Waals surface area (Å²) in [5.41, 5.74) is 4.77. The fourth-order valence-corrected chi connectivity index (χ4v) is 5.65. The van der Waals surface area contributed by atoms with Crippen molar-refractivity contribution in [2.24, 2.45) is 5.10 Å². The summed E-state index contributed by atoms with van der Waals surface area (Å²) in [4.78, 5) is 28.6. The summed E-state index contributed by atoms with van der Waals surface area (Å²) in [7, 11) is 0. The molecule has 4 aromatic carbocycles. The maximum Gasteiger partial charge on any atom is 0.416 e. The summed E-state index contributed by atoms with van der Waals surface area (Å²) < 4.78 is 45.9. The Hall–Kier alpha value is -4.36. The predicted octanol–water partition coefficient (Wildman–Crippen LogP) is 6.96. The van der Waals surface area contributed by atoms with Crippen LogP contribution in [0.25, 0.3) is 0 Å². The average Bonchev–Trinajstić information content (AvgIpc) is 3.08. The molecule has 8 nitrogen and oxygen atoms in total. The van der Waals surface area contributed by atoms with Crippen LogP contribution in [-0.2, 0) is 17.5 Å². The second kappa shape index (κ2) is 16.2. The van der Waals surface area contributed by atoms with Crippen molar-refractivity contribution in [3.8, 4) is 0 Å². The SMILES string of the molecule is Cc1ccc(/C=N/NC(=O)c2cc(Br)ccc2NC(=O)c2ccc(CNC(CN3CCOCC3)c3ccccc3)cc2)cc1C(F)(F)F. The second-order valence-corrected chi connectivity index (χ2v) is 12.3. The van der Waals surface area contributed by atoms with Gasteiger partial charge in [0.2, 0.25) is 0 Å². The van der Waals surface area contributed by atoms with Crippen molar-refractivity contribution in [1.82, 2.24) is 15.6 Å². The van der Waals surface area contributed by atoms with Gasteiger partial charge in [-0.25, -0.2) is 5.43 Å². The number of hydrazone groups is 1. The Bertz CT molecular complexity index is 1740. The Kier molecular flexibility index (Phi) is 11.8. The first kappa shape index (κ1) is 35.0. The van der Waals surface area contributed by atoms with Gasteiger partial charge in [0.1, 0.15) is 0 Å². The first-order valence-corrected chi connectivity index (χ1v) is 16.2. The summed E-state index contributed by atoms with van der Waals surface area (Å²) in [6.45, 7) is 6.07. The number of amides is 2. The molecule has 3 N–H and O–H groups in total. The molecule has 1 aliphatic rings. The zero-order valence-corrected chi connectivity index (χ0v) is 27.8. The van der Waals surface area contributed by atoms with Crippen LogP contribution in [0.2, 0.25) is 0 Å². The average molecular weight is 723 g/mol. The molecule has 0 spiro atoms. The molecule has 1 atom stereocenters. The Labute approximate surface area is 285 Å². The third kappa shape index (κ3) is 9.60. The number of halogens is 4. The van der Waals surface area contributed by atoms with Gasteiger partial charge < -0.3 is 15.4 Å². The van der Waals surface area contributed by atoms with Crippen molar-refractivity contribution < 1.29 is 27.5 Å².